The van der Waals surface area contributed by atoms with Crippen molar-refractivity contribution in [3.63, 3.8) is 0 Å². The van der Waals surface area contributed by atoms with Crippen molar-refractivity contribution in [3.05, 3.63) is 0 Å². The average molecular weight is 180 g/mol. The maximum atomic E-state index is 10.8. The minimum absolute atomic E-state index is 0.185. The van der Waals surface area contributed by atoms with Crippen LogP contribution in [-0.2, 0) is 9.63 Å². The normalized spacial score (nSPS) is 11.3. The fourth-order valence-corrected chi connectivity index (χ4v) is 0.519. The molecule has 11 heavy (non-hydrogen) atoms. The molecule has 1 N–H and O–H groups in total. The number of halogens is 1. The van der Waals surface area contributed by atoms with Gasteiger partial charge in [0.05, 0.1) is 5.60 Å². The Hall–Kier alpha value is -0.280. The van der Waals surface area contributed by atoms with Gasteiger partial charge in [0, 0.05) is 12.3 Å². The lowest BCUT2D eigenvalue weighted by Crippen LogP contribution is -2.33. The van der Waals surface area contributed by atoms with Crippen molar-refractivity contribution in [2.75, 3.05) is 5.88 Å². The van der Waals surface area contributed by atoms with Crippen LogP contribution in [0.25, 0.3) is 0 Å². The van der Waals surface area contributed by atoms with Crippen molar-refractivity contribution in [1.29, 1.82) is 0 Å². The Kier molecular flexibility index (Phi) is 4.45. The summed E-state index contributed by atoms with van der Waals surface area (Å²) in [6, 6.07) is 0. The summed E-state index contributed by atoms with van der Waals surface area (Å²) in [4.78, 5) is 15.8. The molecule has 0 unspecified atom stereocenters. The van der Waals surface area contributed by atoms with E-state index in [9.17, 15) is 4.79 Å². The van der Waals surface area contributed by atoms with Crippen molar-refractivity contribution >= 4 is 17.5 Å². The molecule has 0 atom stereocenters. The van der Waals surface area contributed by atoms with E-state index in [0.29, 0.717) is 5.88 Å². The van der Waals surface area contributed by atoms with E-state index in [2.05, 4.69) is 5.48 Å². The first kappa shape index (κ1) is 10.7. The molecule has 0 saturated carbocycles. The van der Waals surface area contributed by atoms with E-state index < -0.39 is 0 Å². The molecule has 0 aromatic carbocycles. The Morgan fingerprint density at radius 2 is 2.09 bits per heavy atom. The standard InChI is InChI=1S/C7H14ClNO2/c1-7(2,3)11-9-6(10)4-5-8/h4-5H2,1-3H3,(H,9,10). The monoisotopic (exact) mass is 179 g/mol. The van der Waals surface area contributed by atoms with Gasteiger partial charge < -0.3 is 0 Å². The smallest absolute Gasteiger partial charge is 0.244 e. The number of rotatable bonds is 3. The molecule has 0 spiro atoms. The highest BCUT2D eigenvalue weighted by Crippen LogP contribution is 2.03. The highest BCUT2D eigenvalue weighted by molar-refractivity contribution is 6.18. The molecule has 0 aliphatic heterocycles. The predicted octanol–water partition coefficient (Wildman–Crippen LogP) is 1.46. The molecule has 66 valence electrons. The molecule has 0 heterocycles. The van der Waals surface area contributed by atoms with E-state index in [-0.39, 0.29) is 17.9 Å². The van der Waals surface area contributed by atoms with Crippen LogP contribution in [0.1, 0.15) is 27.2 Å². The van der Waals surface area contributed by atoms with Gasteiger partial charge in [0.1, 0.15) is 0 Å². The number of carbonyl (C=O) groups is 1. The Balaban J connectivity index is 3.46. The van der Waals surface area contributed by atoms with Crippen LogP contribution in [0, 0.1) is 0 Å². The van der Waals surface area contributed by atoms with Gasteiger partial charge in [-0.15, -0.1) is 11.6 Å². The van der Waals surface area contributed by atoms with Crippen LogP contribution in [0.4, 0.5) is 0 Å². The Bertz CT molecular complexity index is 131. The number of nitrogens with one attached hydrogen (secondary N) is 1. The van der Waals surface area contributed by atoms with Gasteiger partial charge in [0.2, 0.25) is 5.91 Å². The van der Waals surface area contributed by atoms with Gasteiger partial charge in [-0.2, -0.15) is 0 Å². The summed E-state index contributed by atoms with van der Waals surface area (Å²) in [6.45, 7) is 5.57. The second-order valence-electron chi connectivity index (χ2n) is 3.18. The van der Waals surface area contributed by atoms with Crippen LogP contribution in [0.3, 0.4) is 0 Å². The second kappa shape index (κ2) is 4.57. The fourth-order valence-electron chi connectivity index (χ4n) is 0.347. The maximum Gasteiger partial charge on any atom is 0.244 e. The molecular formula is C7H14ClNO2. The molecule has 3 nitrogen and oxygen atoms in total. The maximum absolute atomic E-state index is 10.8. The van der Waals surface area contributed by atoms with Gasteiger partial charge in [0.25, 0.3) is 0 Å². The fraction of sp³-hybridized carbons (Fsp3) is 0.857. The molecule has 0 aliphatic carbocycles. The molecule has 4 heteroatoms. The zero-order valence-electron chi connectivity index (χ0n) is 7.11. The summed E-state index contributed by atoms with van der Waals surface area (Å²) in [7, 11) is 0. The molecule has 0 aromatic rings. The first-order valence-corrected chi connectivity index (χ1v) is 4.02. The summed E-state index contributed by atoms with van der Waals surface area (Å²) in [5, 5.41) is 0. The Labute approximate surface area is 72.0 Å². The third-order valence-corrected chi connectivity index (χ3v) is 0.982. The topological polar surface area (TPSA) is 38.3 Å². The van der Waals surface area contributed by atoms with Gasteiger partial charge in [-0.1, -0.05) is 0 Å². The zero-order valence-corrected chi connectivity index (χ0v) is 7.86. The van der Waals surface area contributed by atoms with Crippen LogP contribution >= 0.6 is 11.6 Å². The number of hydroxylamine groups is 1. The van der Waals surface area contributed by atoms with Gasteiger partial charge in [-0.05, 0) is 20.8 Å². The van der Waals surface area contributed by atoms with Crippen LogP contribution < -0.4 is 5.48 Å². The molecule has 0 aliphatic rings. The van der Waals surface area contributed by atoms with E-state index in [4.69, 9.17) is 16.4 Å². The molecule has 0 bridgehead atoms. The number of amides is 1. The summed E-state index contributed by atoms with van der Waals surface area (Å²) >= 11 is 5.33. The quantitative estimate of drug-likeness (QED) is 0.526. The van der Waals surface area contributed by atoms with Crippen molar-refractivity contribution in [3.8, 4) is 0 Å². The lowest BCUT2D eigenvalue weighted by atomic mass is 10.2. The molecule has 0 saturated heterocycles. The average Bonchev–Trinajstić information content (AvgIpc) is 1.83. The van der Waals surface area contributed by atoms with Gasteiger partial charge in [0.15, 0.2) is 0 Å². The van der Waals surface area contributed by atoms with Crippen molar-refractivity contribution in [2.24, 2.45) is 0 Å². The predicted molar refractivity (Wildman–Crippen MR) is 44.3 cm³/mol. The lowest BCUT2D eigenvalue weighted by molar-refractivity contribution is -0.145. The number of alkyl halides is 1. The highest BCUT2D eigenvalue weighted by Gasteiger charge is 2.11. The Morgan fingerprint density at radius 3 is 2.45 bits per heavy atom. The first-order valence-electron chi connectivity index (χ1n) is 3.48. The van der Waals surface area contributed by atoms with Gasteiger partial charge in [-0.25, -0.2) is 5.48 Å². The summed E-state index contributed by atoms with van der Waals surface area (Å²) < 4.78 is 0. The number of carbonyl (C=O) groups excluding carboxylic acids is 1. The van der Waals surface area contributed by atoms with E-state index in [1.165, 1.54) is 0 Å². The third kappa shape index (κ3) is 7.62. The molecule has 1 amide bonds. The van der Waals surface area contributed by atoms with E-state index in [0.717, 1.165) is 0 Å². The Morgan fingerprint density at radius 1 is 1.55 bits per heavy atom. The van der Waals surface area contributed by atoms with Crippen LogP contribution in [-0.4, -0.2) is 17.4 Å². The van der Waals surface area contributed by atoms with Crippen LogP contribution in [0.15, 0.2) is 0 Å². The van der Waals surface area contributed by atoms with E-state index in [1.54, 1.807) is 0 Å². The van der Waals surface area contributed by atoms with Crippen molar-refractivity contribution < 1.29 is 9.63 Å². The first-order chi connectivity index (χ1) is 4.95. The molecule has 0 rings (SSSR count). The third-order valence-electron chi connectivity index (χ3n) is 0.793. The molecule has 0 radical (unpaired) electrons. The number of hydrogen-bond donors (Lipinski definition) is 1. The van der Waals surface area contributed by atoms with Gasteiger partial charge in [-0.3, -0.25) is 9.63 Å². The largest absolute Gasteiger partial charge is 0.273 e. The highest BCUT2D eigenvalue weighted by atomic mass is 35.5. The summed E-state index contributed by atoms with van der Waals surface area (Å²) in [6.07, 6.45) is 0.289. The minimum Gasteiger partial charge on any atom is -0.273 e. The lowest BCUT2D eigenvalue weighted by Gasteiger charge is -2.18. The van der Waals surface area contributed by atoms with Crippen molar-refractivity contribution in [2.45, 2.75) is 32.8 Å². The van der Waals surface area contributed by atoms with E-state index >= 15 is 0 Å². The van der Waals surface area contributed by atoms with Gasteiger partial charge >= 0.3 is 0 Å². The van der Waals surface area contributed by atoms with Crippen LogP contribution in [0.2, 0.25) is 0 Å². The summed E-state index contributed by atoms with van der Waals surface area (Å²) in [5.41, 5.74) is 1.95. The second-order valence-corrected chi connectivity index (χ2v) is 3.56. The minimum atomic E-state index is -0.345. The molecule has 0 aromatic heterocycles. The number of hydrogen-bond acceptors (Lipinski definition) is 2. The zero-order chi connectivity index (χ0) is 8.91. The van der Waals surface area contributed by atoms with Crippen molar-refractivity contribution in [1.82, 2.24) is 5.48 Å². The molecule has 0 fully saturated rings. The summed E-state index contributed by atoms with van der Waals surface area (Å²) in [5.74, 6) is 0.134. The molecular weight excluding hydrogens is 166 g/mol. The van der Waals surface area contributed by atoms with Crippen LogP contribution in [0.5, 0.6) is 0 Å². The van der Waals surface area contributed by atoms with E-state index in [1.807, 2.05) is 20.8 Å². The SMILES string of the molecule is CC(C)(C)ONC(=O)CCCl.